The van der Waals surface area contributed by atoms with E-state index in [1.807, 2.05) is 18.5 Å². The predicted octanol–water partition coefficient (Wildman–Crippen LogP) is 3.24. The van der Waals surface area contributed by atoms with Gasteiger partial charge in [-0.15, -0.1) is 0 Å². The number of nitrogens with two attached hydrogens (primary N) is 1. The molecule has 130 valence electrons. The van der Waals surface area contributed by atoms with Gasteiger partial charge >= 0.3 is 0 Å². The molecule has 0 aliphatic carbocycles. The summed E-state index contributed by atoms with van der Waals surface area (Å²) in [5.74, 6) is -0.432. The van der Waals surface area contributed by atoms with Gasteiger partial charge in [0.25, 0.3) is 0 Å². The molecule has 3 aromatic rings. The molecule has 0 radical (unpaired) electrons. The average molecular weight is 405 g/mol. The molecule has 1 aliphatic heterocycles. The van der Waals surface area contributed by atoms with Crippen molar-refractivity contribution in [2.75, 3.05) is 18.8 Å². The van der Waals surface area contributed by atoms with E-state index >= 15 is 0 Å². The standard InChI is InChI=1S/C17H18BrFN6/c1-9(2)24-6-10(7-24)25-8-12(11-3-15(18)21-5-14(11)25)16-13(19)4-22-17(20)23-16/h3-5,8-10H,6-7H2,1-2H3,(H2,20,22,23). The van der Waals surface area contributed by atoms with Gasteiger partial charge in [-0.05, 0) is 35.8 Å². The first-order valence-electron chi connectivity index (χ1n) is 8.12. The molecule has 4 rings (SSSR count). The second-order valence-corrected chi connectivity index (χ2v) is 7.41. The van der Waals surface area contributed by atoms with E-state index in [1.54, 1.807) is 0 Å². The lowest BCUT2D eigenvalue weighted by atomic mass is 10.1. The minimum Gasteiger partial charge on any atom is -0.368 e. The molecule has 1 saturated heterocycles. The SMILES string of the molecule is CC(C)N1CC(n2cc(-c3nc(N)ncc3F)c3cc(Br)ncc32)C1. The molecule has 0 amide bonds. The van der Waals surface area contributed by atoms with E-state index in [0.717, 1.165) is 30.2 Å². The number of likely N-dealkylation sites (tertiary alicyclic amines) is 1. The number of halogens is 2. The monoisotopic (exact) mass is 404 g/mol. The fourth-order valence-electron chi connectivity index (χ4n) is 3.27. The van der Waals surface area contributed by atoms with Crippen LogP contribution in [0.25, 0.3) is 22.2 Å². The molecule has 0 bridgehead atoms. The van der Waals surface area contributed by atoms with Gasteiger partial charge in [-0.3, -0.25) is 4.90 Å². The molecule has 6 nitrogen and oxygen atoms in total. The van der Waals surface area contributed by atoms with Crippen LogP contribution in [0, 0.1) is 5.82 Å². The van der Waals surface area contributed by atoms with E-state index < -0.39 is 5.82 Å². The fraction of sp³-hybridized carbons (Fsp3) is 0.353. The van der Waals surface area contributed by atoms with Crippen molar-refractivity contribution < 1.29 is 4.39 Å². The predicted molar refractivity (Wildman–Crippen MR) is 98.6 cm³/mol. The van der Waals surface area contributed by atoms with Crippen LogP contribution in [0.2, 0.25) is 0 Å². The largest absolute Gasteiger partial charge is 0.368 e. The van der Waals surface area contributed by atoms with Gasteiger partial charge in [-0.2, -0.15) is 0 Å². The van der Waals surface area contributed by atoms with Gasteiger partial charge in [0.1, 0.15) is 10.3 Å². The van der Waals surface area contributed by atoms with Crippen LogP contribution >= 0.6 is 15.9 Å². The van der Waals surface area contributed by atoms with E-state index in [4.69, 9.17) is 5.73 Å². The van der Waals surface area contributed by atoms with Gasteiger partial charge in [0.2, 0.25) is 5.95 Å². The highest BCUT2D eigenvalue weighted by atomic mass is 79.9. The lowest BCUT2D eigenvalue weighted by Gasteiger charge is -2.43. The second kappa shape index (κ2) is 6.03. The number of nitrogens with zero attached hydrogens (tertiary/aromatic N) is 5. The zero-order valence-corrected chi connectivity index (χ0v) is 15.5. The molecule has 0 atom stereocenters. The van der Waals surface area contributed by atoms with Crippen molar-refractivity contribution in [1.29, 1.82) is 0 Å². The van der Waals surface area contributed by atoms with Crippen molar-refractivity contribution >= 4 is 32.8 Å². The number of hydrogen-bond acceptors (Lipinski definition) is 5. The van der Waals surface area contributed by atoms with E-state index in [0.29, 0.717) is 22.3 Å². The molecule has 0 unspecified atom stereocenters. The van der Waals surface area contributed by atoms with Crippen LogP contribution in [0.3, 0.4) is 0 Å². The number of pyridine rings is 1. The number of fused-ring (bicyclic) bond motifs is 1. The Morgan fingerprint density at radius 3 is 2.76 bits per heavy atom. The molecule has 0 aromatic carbocycles. The minimum absolute atomic E-state index is 0.0556. The van der Waals surface area contributed by atoms with Crippen molar-refractivity contribution in [2.45, 2.75) is 25.9 Å². The molecule has 25 heavy (non-hydrogen) atoms. The Morgan fingerprint density at radius 2 is 2.04 bits per heavy atom. The number of hydrogen-bond donors (Lipinski definition) is 1. The molecule has 8 heteroatoms. The van der Waals surface area contributed by atoms with E-state index in [1.165, 1.54) is 0 Å². The molecule has 3 aromatic heterocycles. The van der Waals surface area contributed by atoms with Crippen LogP contribution in [-0.2, 0) is 0 Å². The summed E-state index contributed by atoms with van der Waals surface area (Å²) in [4.78, 5) is 14.6. The zero-order valence-electron chi connectivity index (χ0n) is 13.9. The van der Waals surface area contributed by atoms with Gasteiger partial charge in [0.15, 0.2) is 5.82 Å². The third-order valence-corrected chi connectivity index (χ3v) is 5.15. The number of rotatable bonds is 3. The Morgan fingerprint density at radius 1 is 1.28 bits per heavy atom. The van der Waals surface area contributed by atoms with Crippen LogP contribution in [0.1, 0.15) is 19.9 Å². The highest BCUT2D eigenvalue weighted by Gasteiger charge is 2.31. The number of nitrogen functional groups attached to an aromatic ring is 1. The molecule has 0 saturated carbocycles. The summed E-state index contributed by atoms with van der Waals surface area (Å²) in [7, 11) is 0. The molecule has 1 fully saturated rings. The molecular weight excluding hydrogens is 387 g/mol. The Hall–Kier alpha value is -2.06. The van der Waals surface area contributed by atoms with Gasteiger partial charge in [0, 0.05) is 36.3 Å². The number of anilines is 1. The van der Waals surface area contributed by atoms with E-state index in [2.05, 4.69) is 54.2 Å². The van der Waals surface area contributed by atoms with Crippen molar-refractivity contribution in [1.82, 2.24) is 24.4 Å². The smallest absolute Gasteiger partial charge is 0.220 e. The summed E-state index contributed by atoms with van der Waals surface area (Å²) in [5.41, 5.74) is 7.55. The summed E-state index contributed by atoms with van der Waals surface area (Å²) < 4.78 is 17.2. The van der Waals surface area contributed by atoms with Gasteiger partial charge in [-0.1, -0.05) is 0 Å². The van der Waals surface area contributed by atoms with Crippen LogP contribution in [-0.4, -0.2) is 43.6 Å². The third kappa shape index (κ3) is 2.79. The van der Waals surface area contributed by atoms with E-state index in [9.17, 15) is 4.39 Å². The maximum absolute atomic E-state index is 14.3. The zero-order chi connectivity index (χ0) is 17.7. The normalized spacial score (nSPS) is 15.9. The Kier molecular flexibility index (Phi) is 3.96. The van der Waals surface area contributed by atoms with Crippen molar-refractivity contribution in [3.63, 3.8) is 0 Å². The van der Waals surface area contributed by atoms with Crippen molar-refractivity contribution in [3.05, 3.63) is 35.1 Å². The first-order chi connectivity index (χ1) is 11.9. The summed E-state index contributed by atoms with van der Waals surface area (Å²) in [6.07, 6.45) is 4.87. The quantitative estimate of drug-likeness (QED) is 0.678. The minimum atomic E-state index is -0.487. The topological polar surface area (TPSA) is 72.9 Å². The Balaban J connectivity index is 1.85. The highest BCUT2D eigenvalue weighted by molar-refractivity contribution is 9.10. The molecule has 4 heterocycles. The van der Waals surface area contributed by atoms with Crippen LogP contribution in [0.15, 0.2) is 29.3 Å². The lowest BCUT2D eigenvalue weighted by Crippen LogP contribution is -2.50. The number of aromatic nitrogens is 4. The maximum Gasteiger partial charge on any atom is 0.220 e. The van der Waals surface area contributed by atoms with Crippen molar-refractivity contribution in [2.24, 2.45) is 0 Å². The second-order valence-electron chi connectivity index (χ2n) is 6.60. The fourth-order valence-corrected chi connectivity index (χ4v) is 3.60. The molecular formula is C17H18BrFN6. The molecule has 0 spiro atoms. The van der Waals surface area contributed by atoms with Crippen molar-refractivity contribution in [3.8, 4) is 11.3 Å². The van der Waals surface area contributed by atoms with Crippen LogP contribution in [0.5, 0.6) is 0 Å². The maximum atomic E-state index is 14.3. The first-order valence-corrected chi connectivity index (χ1v) is 8.92. The lowest BCUT2D eigenvalue weighted by molar-refractivity contribution is 0.0767. The summed E-state index contributed by atoms with van der Waals surface area (Å²) in [6, 6.07) is 2.74. The van der Waals surface area contributed by atoms with Crippen LogP contribution < -0.4 is 5.73 Å². The van der Waals surface area contributed by atoms with Gasteiger partial charge in [-0.25, -0.2) is 19.3 Å². The Bertz CT molecular complexity index is 948. The van der Waals surface area contributed by atoms with Gasteiger partial charge < -0.3 is 10.3 Å². The highest BCUT2D eigenvalue weighted by Crippen LogP contribution is 2.36. The first kappa shape index (κ1) is 16.4. The van der Waals surface area contributed by atoms with Gasteiger partial charge in [0.05, 0.1) is 24.0 Å². The Labute approximate surface area is 153 Å². The van der Waals surface area contributed by atoms with E-state index in [-0.39, 0.29) is 11.6 Å². The average Bonchev–Trinajstić information content (AvgIpc) is 2.86. The summed E-state index contributed by atoms with van der Waals surface area (Å²) in [6.45, 7) is 6.30. The third-order valence-electron chi connectivity index (χ3n) is 4.72. The molecule has 1 aliphatic rings. The van der Waals surface area contributed by atoms with Crippen LogP contribution in [0.4, 0.5) is 10.3 Å². The summed E-state index contributed by atoms with van der Waals surface area (Å²) in [5, 5.41) is 0.891. The summed E-state index contributed by atoms with van der Waals surface area (Å²) >= 11 is 3.40. The molecule has 2 N–H and O–H groups in total.